The summed E-state index contributed by atoms with van der Waals surface area (Å²) in [5, 5.41) is 24.1. The molecule has 4 amide bonds. The van der Waals surface area contributed by atoms with Crippen molar-refractivity contribution < 1.29 is 34.2 Å². The molecule has 1 rings (SSSR count). The van der Waals surface area contributed by atoms with E-state index < -0.39 is 67.3 Å². The number of aliphatic hydroxyl groups excluding tert-OH is 1. The highest BCUT2D eigenvalue weighted by molar-refractivity contribution is 5.95. The number of nitrogens with two attached hydrogens (primary N) is 2. The molecule has 3 unspecified atom stereocenters. The van der Waals surface area contributed by atoms with E-state index in [1.165, 1.54) is 0 Å². The SMILES string of the molecule is NC(=O)CC(NC(=O)C(N)Cc1ccccc1)C(=O)NCC(=O)NC(CO)C(=O)O. The van der Waals surface area contributed by atoms with Gasteiger partial charge in [-0.1, -0.05) is 30.3 Å². The maximum atomic E-state index is 12.3. The lowest BCUT2D eigenvalue weighted by molar-refractivity contribution is -0.143. The molecule has 0 aromatic heterocycles. The molecule has 1 aromatic carbocycles. The third-order valence-corrected chi connectivity index (χ3v) is 3.91. The summed E-state index contributed by atoms with van der Waals surface area (Å²) in [7, 11) is 0. The van der Waals surface area contributed by atoms with E-state index in [9.17, 15) is 24.0 Å². The van der Waals surface area contributed by atoms with Crippen molar-refractivity contribution in [1.29, 1.82) is 0 Å². The molecule has 1 aromatic rings. The van der Waals surface area contributed by atoms with Gasteiger partial charge in [-0.25, -0.2) is 4.79 Å². The number of hydrogen-bond donors (Lipinski definition) is 7. The summed E-state index contributed by atoms with van der Waals surface area (Å²) in [6.07, 6.45) is -0.344. The zero-order valence-electron chi connectivity index (χ0n) is 16.0. The molecule has 0 spiro atoms. The Morgan fingerprint density at radius 2 is 1.60 bits per heavy atom. The van der Waals surface area contributed by atoms with Crippen LogP contribution < -0.4 is 27.4 Å². The van der Waals surface area contributed by atoms with Crippen molar-refractivity contribution in [1.82, 2.24) is 16.0 Å². The normalized spacial score (nSPS) is 13.4. The van der Waals surface area contributed by atoms with Crippen LogP contribution in [0, 0.1) is 0 Å². The summed E-state index contributed by atoms with van der Waals surface area (Å²) in [5.74, 6) is -4.81. The third-order valence-electron chi connectivity index (χ3n) is 3.91. The lowest BCUT2D eigenvalue weighted by Crippen LogP contribution is -2.55. The number of nitrogens with one attached hydrogen (secondary N) is 3. The van der Waals surface area contributed by atoms with Gasteiger partial charge in [0, 0.05) is 0 Å². The second-order valence-corrected chi connectivity index (χ2v) is 6.39. The van der Waals surface area contributed by atoms with Crippen LogP contribution in [0.2, 0.25) is 0 Å². The van der Waals surface area contributed by atoms with E-state index in [0.29, 0.717) is 0 Å². The summed E-state index contributed by atoms with van der Waals surface area (Å²) in [4.78, 5) is 58.3. The van der Waals surface area contributed by atoms with Gasteiger partial charge in [0.15, 0.2) is 0 Å². The lowest BCUT2D eigenvalue weighted by atomic mass is 10.1. The Balaban J connectivity index is 2.65. The third kappa shape index (κ3) is 8.67. The van der Waals surface area contributed by atoms with Crippen LogP contribution in [0.25, 0.3) is 0 Å². The van der Waals surface area contributed by atoms with Crippen LogP contribution in [0.1, 0.15) is 12.0 Å². The number of primary amides is 1. The van der Waals surface area contributed by atoms with Crippen LogP contribution in [0.3, 0.4) is 0 Å². The van der Waals surface area contributed by atoms with E-state index in [2.05, 4.69) is 10.6 Å². The molecule has 164 valence electrons. The maximum absolute atomic E-state index is 12.3. The Kier molecular flexibility index (Phi) is 9.92. The smallest absolute Gasteiger partial charge is 0.328 e. The van der Waals surface area contributed by atoms with Crippen LogP contribution >= 0.6 is 0 Å². The molecule has 0 radical (unpaired) electrons. The number of rotatable bonds is 12. The highest BCUT2D eigenvalue weighted by atomic mass is 16.4. The molecule has 0 saturated carbocycles. The second-order valence-electron chi connectivity index (χ2n) is 6.39. The molecule has 0 aliphatic heterocycles. The molecular weight excluding hydrogens is 398 g/mol. The molecule has 0 aliphatic carbocycles. The van der Waals surface area contributed by atoms with Crippen molar-refractivity contribution in [3.63, 3.8) is 0 Å². The zero-order chi connectivity index (χ0) is 22.7. The van der Waals surface area contributed by atoms with Crippen LogP contribution in [0.15, 0.2) is 30.3 Å². The number of amides is 4. The minimum atomic E-state index is -1.54. The van der Waals surface area contributed by atoms with Crippen molar-refractivity contribution in [2.45, 2.75) is 31.0 Å². The topological polar surface area (TPSA) is 214 Å². The predicted molar refractivity (Wildman–Crippen MR) is 104 cm³/mol. The highest BCUT2D eigenvalue weighted by Gasteiger charge is 2.26. The van der Waals surface area contributed by atoms with E-state index in [0.717, 1.165) is 5.56 Å². The number of carboxylic acid groups (broad SMARTS) is 1. The standard InChI is InChI=1S/C18H25N5O7/c19-11(6-10-4-2-1-3-5-10)16(27)23-12(7-14(20)25)17(28)21-8-15(26)22-13(9-24)18(29)30/h1-5,11-13,24H,6-9,19H2,(H2,20,25)(H,21,28)(H,22,26)(H,23,27)(H,29,30). The van der Waals surface area contributed by atoms with Gasteiger partial charge in [-0.3, -0.25) is 19.2 Å². The van der Waals surface area contributed by atoms with Gasteiger partial charge in [-0.05, 0) is 12.0 Å². The maximum Gasteiger partial charge on any atom is 0.328 e. The molecular formula is C18H25N5O7. The number of aliphatic carboxylic acids is 1. The predicted octanol–water partition coefficient (Wildman–Crippen LogP) is -3.41. The Labute approximate surface area is 172 Å². The number of carbonyl (C=O) groups is 5. The fourth-order valence-corrected chi connectivity index (χ4v) is 2.37. The van der Waals surface area contributed by atoms with Gasteiger partial charge in [0.1, 0.15) is 12.1 Å². The average Bonchev–Trinajstić information content (AvgIpc) is 2.69. The van der Waals surface area contributed by atoms with Crippen LogP contribution in [-0.4, -0.2) is 71.1 Å². The summed E-state index contributed by atoms with van der Waals surface area (Å²) in [5.41, 5.74) is 11.7. The Morgan fingerprint density at radius 3 is 2.13 bits per heavy atom. The van der Waals surface area contributed by atoms with Crippen molar-refractivity contribution in [3.05, 3.63) is 35.9 Å². The number of carboxylic acids is 1. The number of carbonyl (C=O) groups excluding carboxylic acids is 4. The first-order valence-corrected chi connectivity index (χ1v) is 8.93. The Hall–Kier alpha value is -3.51. The van der Waals surface area contributed by atoms with Crippen LogP contribution in [0.5, 0.6) is 0 Å². The lowest BCUT2D eigenvalue weighted by Gasteiger charge is -2.20. The van der Waals surface area contributed by atoms with Crippen molar-refractivity contribution in [3.8, 4) is 0 Å². The molecule has 12 nitrogen and oxygen atoms in total. The monoisotopic (exact) mass is 423 g/mol. The van der Waals surface area contributed by atoms with Crippen LogP contribution in [0.4, 0.5) is 0 Å². The minimum Gasteiger partial charge on any atom is -0.480 e. The van der Waals surface area contributed by atoms with Gasteiger partial charge < -0.3 is 37.6 Å². The number of benzene rings is 1. The summed E-state index contributed by atoms with van der Waals surface area (Å²) >= 11 is 0. The van der Waals surface area contributed by atoms with Crippen LogP contribution in [-0.2, 0) is 30.4 Å². The van der Waals surface area contributed by atoms with E-state index in [1.807, 2.05) is 5.32 Å². The zero-order valence-corrected chi connectivity index (χ0v) is 16.0. The van der Waals surface area contributed by atoms with E-state index >= 15 is 0 Å². The highest BCUT2D eigenvalue weighted by Crippen LogP contribution is 2.03. The summed E-state index contributed by atoms with van der Waals surface area (Å²) in [6, 6.07) is 4.99. The van der Waals surface area contributed by atoms with E-state index in [4.69, 9.17) is 21.7 Å². The van der Waals surface area contributed by atoms with E-state index in [1.54, 1.807) is 30.3 Å². The first-order chi connectivity index (χ1) is 14.1. The molecule has 0 fully saturated rings. The van der Waals surface area contributed by atoms with Crippen molar-refractivity contribution >= 4 is 29.6 Å². The van der Waals surface area contributed by atoms with Gasteiger partial charge in [-0.2, -0.15) is 0 Å². The molecule has 12 heteroatoms. The fourth-order valence-electron chi connectivity index (χ4n) is 2.37. The fraction of sp³-hybridized carbons (Fsp3) is 0.389. The Morgan fingerprint density at radius 1 is 0.967 bits per heavy atom. The first-order valence-electron chi connectivity index (χ1n) is 8.93. The summed E-state index contributed by atoms with van der Waals surface area (Å²) < 4.78 is 0. The van der Waals surface area contributed by atoms with Gasteiger partial charge in [0.2, 0.25) is 23.6 Å². The minimum absolute atomic E-state index is 0.192. The van der Waals surface area contributed by atoms with Gasteiger partial charge in [-0.15, -0.1) is 0 Å². The van der Waals surface area contributed by atoms with Gasteiger partial charge >= 0.3 is 5.97 Å². The van der Waals surface area contributed by atoms with Gasteiger partial charge in [0.05, 0.1) is 25.6 Å². The molecule has 30 heavy (non-hydrogen) atoms. The van der Waals surface area contributed by atoms with Crippen molar-refractivity contribution in [2.75, 3.05) is 13.2 Å². The Bertz CT molecular complexity index is 771. The van der Waals surface area contributed by atoms with Crippen molar-refractivity contribution in [2.24, 2.45) is 11.5 Å². The summed E-state index contributed by atoms with van der Waals surface area (Å²) in [6.45, 7) is -1.49. The largest absolute Gasteiger partial charge is 0.480 e. The molecule has 0 heterocycles. The molecule has 0 bridgehead atoms. The number of hydrogen-bond acceptors (Lipinski definition) is 7. The quantitative estimate of drug-likeness (QED) is 0.179. The second kappa shape index (κ2) is 12.1. The molecule has 3 atom stereocenters. The average molecular weight is 423 g/mol. The van der Waals surface area contributed by atoms with Gasteiger partial charge in [0.25, 0.3) is 0 Å². The molecule has 0 aliphatic rings. The molecule has 0 saturated heterocycles. The number of aliphatic hydroxyl groups is 1. The first kappa shape index (κ1) is 24.5. The molecule has 9 N–H and O–H groups in total. The van der Waals surface area contributed by atoms with E-state index in [-0.39, 0.29) is 6.42 Å².